The Bertz CT molecular complexity index is 1040. The van der Waals surface area contributed by atoms with Crippen LogP contribution in [-0.2, 0) is 21.4 Å². The fourth-order valence-electron chi connectivity index (χ4n) is 3.97. The average Bonchev–Trinajstić information content (AvgIpc) is 3.16. The van der Waals surface area contributed by atoms with Gasteiger partial charge < -0.3 is 10.2 Å². The fourth-order valence-corrected chi connectivity index (χ4v) is 5.55. The third-order valence-corrected chi connectivity index (χ3v) is 7.35. The number of nitrogens with zero attached hydrogens (tertiary/aromatic N) is 2. The minimum absolute atomic E-state index is 0.0960. The molecule has 2 aromatic rings. The molecule has 2 N–H and O–H groups in total. The van der Waals surface area contributed by atoms with Crippen molar-refractivity contribution in [2.75, 3.05) is 26.2 Å². The van der Waals surface area contributed by atoms with Crippen LogP contribution >= 0.6 is 0 Å². The molecule has 0 aliphatic carbocycles. The molecule has 2 heterocycles. The first-order chi connectivity index (χ1) is 14.9. The molecule has 11 heteroatoms. The number of hydrogen-bond donors (Lipinski definition) is 2. The van der Waals surface area contributed by atoms with Crippen LogP contribution in [0.2, 0.25) is 0 Å². The standard InChI is InChI=1S/C19H22N2O3S.C2HF3O2/c22-17-8-6-16(7-9-17)12-20-13-19(14-20)10-11-21(15-19)25(23,24)18-4-2-1-3-5-18;3-2(4,5)1(6)7/h1-9,22H,10-15H2;(H,6,7). The van der Waals surface area contributed by atoms with E-state index in [0.717, 1.165) is 26.1 Å². The molecular weight excluding hydrogens is 449 g/mol. The maximum atomic E-state index is 12.8. The number of halogens is 3. The van der Waals surface area contributed by atoms with Crippen LogP contribution in [-0.4, -0.2) is 66.2 Å². The fraction of sp³-hybridized carbons (Fsp3) is 0.381. The van der Waals surface area contributed by atoms with Gasteiger partial charge in [0, 0.05) is 38.1 Å². The zero-order valence-corrected chi connectivity index (χ0v) is 17.8. The summed E-state index contributed by atoms with van der Waals surface area (Å²) in [7, 11) is -3.38. The topological polar surface area (TPSA) is 98.1 Å². The van der Waals surface area contributed by atoms with Gasteiger partial charge >= 0.3 is 12.1 Å². The minimum Gasteiger partial charge on any atom is -0.508 e. The molecule has 0 bridgehead atoms. The monoisotopic (exact) mass is 472 g/mol. The smallest absolute Gasteiger partial charge is 0.490 e. The van der Waals surface area contributed by atoms with E-state index >= 15 is 0 Å². The quantitative estimate of drug-likeness (QED) is 0.710. The van der Waals surface area contributed by atoms with Gasteiger partial charge in [-0.25, -0.2) is 13.2 Å². The number of aromatic hydroxyl groups is 1. The zero-order chi connectivity index (χ0) is 23.6. The zero-order valence-electron chi connectivity index (χ0n) is 17.0. The lowest BCUT2D eigenvalue weighted by Crippen LogP contribution is -2.57. The predicted molar refractivity (Wildman–Crippen MR) is 109 cm³/mol. The maximum absolute atomic E-state index is 12.8. The Morgan fingerprint density at radius 1 is 1.00 bits per heavy atom. The second-order valence-corrected chi connectivity index (χ2v) is 9.95. The molecule has 0 unspecified atom stereocenters. The molecule has 32 heavy (non-hydrogen) atoms. The summed E-state index contributed by atoms with van der Waals surface area (Å²) < 4.78 is 58.9. The molecule has 2 aromatic carbocycles. The van der Waals surface area contributed by atoms with Crippen molar-refractivity contribution in [3.8, 4) is 5.75 Å². The van der Waals surface area contributed by atoms with Crippen molar-refractivity contribution in [1.29, 1.82) is 0 Å². The molecular formula is C21H23F3N2O5S. The van der Waals surface area contributed by atoms with Crippen LogP contribution in [0.4, 0.5) is 13.2 Å². The Balaban J connectivity index is 0.000000360. The number of alkyl halides is 3. The molecule has 0 aromatic heterocycles. The highest BCUT2D eigenvalue weighted by molar-refractivity contribution is 7.89. The van der Waals surface area contributed by atoms with Crippen molar-refractivity contribution in [3.05, 3.63) is 60.2 Å². The Kier molecular flexibility index (Phi) is 6.82. The van der Waals surface area contributed by atoms with Crippen molar-refractivity contribution in [2.45, 2.75) is 24.0 Å². The molecule has 7 nitrogen and oxygen atoms in total. The number of phenolic OH excluding ortho intramolecular Hbond substituents is 1. The SMILES string of the molecule is O=C(O)C(F)(F)F.O=S(=O)(c1ccccc1)N1CCC2(CN(Cc3ccc(O)cc3)C2)C1. The van der Waals surface area contributed by atoms with Crippen molar-refractivity contribution in [1.82, 2.24) is 9.21 Å². The molecule has 0 radical (unpaired) electrons. The lowest BCUT2D eigenvalue weighted by atomic mass is 9.79. The number of likely N-dealkylation sites (tertiary alicyclic amines) is 1. The van der Waals surface area contributed by atoms with Crippen molar-refractivity contribution < 1.29 is 36.6 Å². The van der Waals surface area contributed by atoms with E-state index in [2.05, 4.69) is 4.90 Å². The first-order valence-electron chi connectivity index (χ1n) is 9.77. The third kappa shape index (κ3) is 5.59. The molecule has 1 spiro atoms. The molecule has 2 saturated heterocycles. The van der Waals surface area contributed by atoms with Gasteiger partial charge in [-0.3, -0.25) is 4.90 Å². The van der Waals surface area contributed by atoms with Gasteiger partial charge in [0.15, 0.2) is 0 Å². The number of phenols is 1. The molecule has 2 aliphatic rings. The highest BCUT2D eigenvalue weighted by atomic mass is 32.2. The normalized spacial score (nSPS) is 18.6. The number of carbonyl (C=O) groups is 1. The van der Waals surface area contributed by atoms with E-state index in [0.29, 0.717) is 18.0 Å². The van der Waals surface area contributed by atoms with Crippen LogP contribution in [0.15, 0.2) is 59.5 Å². The van der Waals surface area contributed by atoms with Gasteiger partial charge in [-0.15, -0.1) is 0 Å². The molecule has 2 fully saturated rings. The number of aliphatic carboxylic acids is 1. The van der Waals surface area contributed by atoms with Crippen LogP contribution in [0.25, 0.3) is 0 Å². The number of hydrogen-bond acceptors (Lipinski definition) is 5. The molecule has 0 atom stereocenters. The van der Waals surface area contributed by atoms with E-state index in [1.807, 2.05) is 18.2 Å². The Morgan fingerprint density at radius 2 is 1.56 bits per heavy atom. The first kappa shape index (κ1) is 24.0. The van der Waals surface area contributed by atoms with Crippen LogP contribution < -0.4 is 0 Å². The van der Waals surface area contributed by atoms with Crippen LogP contribution in [0.5, 0.6) is 5.75 Å². The highest BCUT2D eigenvalue weighted by Gasteiger charge is 2.50. The average molecular weight is 472 g/mol. The first-order valence-corrected chi connectivity index (χ1v) is 11.2. The van der Waals surface area contributed by atoms with E-state index in [1.54, 1.807) is 40.7 Å². The van der Waals surface area contributed by atoms with Gasteiger partial charge in [0.25, 0.3) is 0 Å². The van der Waals surface area contributed by atoms with Gasteiger partial charge in [0.05, 0.1) is 4.90 Å². The third-order valence-electron chi connectivity index (χ3n) is 5.49. The summed E-state index contributed by atoms with van der Waals surface area (Å²) in [6.07, 6.45) is -4.16. The maximum Gasteiger partial charge on any atom is 0.490 e. The second kappa shape index (κ2) is 9.08. The van der Waals surface area contributed by atoms with Crippen molar-refractivity contribution >= 4 is 16.0 Å². The van der Waals surface area contributed by atoms with E-state index in [-0.39, 0.29) is 11.2 Å². The number of rotatable bonds is 4. The summed E-state index contributed by atoms with van der Waals surface area (Å²) in [5.41, 5.74) is 1.26. The number of carboxylic acid groups (broad SMARTS) is 1. The van der Waals surface area contributed by atoms with Crippen molar-refractivity contribution in [3.63, 3.8) is 0 Å². The Hall–Kier alpha value is -2.63. The van der Waals surface area contributed by atoms with Gasteiger partial charge in [-0.2, -0.15) is 17.5 Å². The van der Waals surface area contributed by atoms with E-state index < -0.39 is 22.2 Å². The number of sulfonamides is 1. The number of benzene rings is 2. The second-order valence-electron chi connectivity index (χ2n) is 8.02. The predicted octanol–water partition coefficient (Wildman–Crippen LogP) is 2.92. The lowest BCUT2D eigenvalue weighted by Gasteiger charge is -2.48. The van der Waals surface area contributed by atoms with E-state index in [4.69, 9.17) is 9.90 Å². The molecule has 4 rings (SSSR count). The molecule has 0 amide bonds. The molecule has 2 aliphatic heterocycles. The minimum atomic E-state index is -5.08. The summed E-state index contributed by atoms with van der Waals surface area (Å²) in [5.74, 6) is -2.48. The van der Waals surface area contributed by atoms with Gasteiger partial charge in [-0.1, -0.05) is 30.3 Å². The summed E-state index contributed by atoms with van der Waals surface area (Å²) in [6, 6.07) is 16.0. The summed E-state index contributed by atoms with van der Waals surface area (Å²) >= 11 is 0. The van der Waals surface area contributed by atoms with Crippen LogP contribution in [0, 0.1) is 5.41 Å². The van der Waals surface area contributed by atoms with Gasteiger partial charge in [0.2, 0.25) is 10.0 Å². The van der Waals surface area contributed by atoms with Gasteiger partial charge in [0.1, 0.15) is 5.75 Å². The summed E-state index contributed by atoms with van der Waals surface area (Å²) in [4.78, 5) is 11.6. The van der Waals surface area contributed by atoms with Gasteiger partial charge in [-0.05, 0) is 36.2 Å². The Morgan fingerprint density at radius 3 is 2.09 bits per heavy atom. The van der Waals surface area contributed by atoms with Crippen LogP contribution in [0.3, 0.4) is 0 Å². The highest BCUT2D eigenvalue weighted by Crippen LogP contribution is 2.42. The Labute approximate surface area is 183 Å². The summed E-state index contributed by atoms with van der Waals surface area (Å²) in [5, 5.41) is 16.5. The van der Waals surface area contributed by atoms with E-state index in [1.165, 1.54) is 5.56 Å². The molecule has 174 valence electrons. The largest absolute Gasteiger partial charge is 0.508 e. The lowest BCUT2D eigenvalue weighted by molar-refractivity contribution is -0.192. The number of carboxylic acids is 1. The van der Waals surface area contributed by atoms with E-state index in [9.17, 15) is 26.7 Å². The molecule has 0 saturated carbocycles. The van der Waals surface area contributed by atoms with Crippen molar-refractivity contribution in [2.24, 2.45) is 5.41 Å². The van der Waals surface area contributed by atoms with Crippen LogP contribution in [0.1, 0.15) is 12.0 Å². The summed E-state index contributed by atoms with van der Waals surface area (Å²) in [6.45, 7) is 3.90.